The van der Waals surface area contributed by atoms with Crippen molar-refractivity contribution in [1.82, 2.24) is 4.98 Å². The van der Waals surface area contributed by atoms with Crippen molar-refractivity contribution in [2.75, 3.05) is 0 Å². The van der Waals surface area contributed by atoms with Crippen LogP contribution in [0.2, 0.25) is 0 Å². The van der Waals surface area contributed by atoms with E-state index in [0.29, 0.717) is 5.89 Å². The quantitative estimate of drug-likeness (QED) is 0.749. The van der Waals surface area contributed by atoms with Gasteiger partial charge in [0.25, 0.3) is 0 Å². The number of rotatable bonds is 1. The Bertz CT molecular complexity index is 659. The van der Waals surface area contributed by atoms with Gasteiger partial charge in [0, 0.05) is 6.92 Å². The van der Waals surface area contributed by atoms with E-state index < -0.39 is 0 Å². The average molecular weight is 273 g/mol. The molecule has 4 nitrogen and oxygen atoms in total. The average Bonchev–Trinajstić information content (AvgIpc) is 2.77. The Labute approximate surface area is 119 Å². The van der Waals surface area contributed by atoms with Gasteiger partial charge in [-0.1, -0.05) is 6.07 Å². The predicted octanol–water partition coefficient (Wildman–Crippen LogP) is 2.74. The van der Waals surface area contributed by atoms with Gasteiger partial charge in [-0.2, -0.15) is 0 Å². The number of nitrogens with zero attached hydrogens (tertiary/aromatic N) is 1. The van der Waals surface area contributed by atoms with Gasteiger partial charge in [-0.3, -0.25) is 0 Å². The van der Waals surface area contributed by atoms with Crippen LogP contribution in [0.25, 0.3) is 11.1 Å². The maximum Gasteiger partial charge on any atom is 0.494 e. The number of aromatic nitrogens is 1. The van der Waals surface area contributed by atoms with Crippen LogP contribution < -0.4 is 5.46 Å². The molecular formula is C15H20BNO3. The monoisotopic (exact) mass is 273 g/mol. The fraction of sp³-hybridized carbons (Fsp3) is 0.533. The first kappa shape index (κ1) is 13.6. The second-order valence-electron chi connectivity index (χ2n) is 6.51. The standard InChI is InChI=1S/C15H20BNO3/c1-9-7-11(8-12-13(9)17-10(2)18-12)16-19-14(3,4)15(5,6)20-16/h7-8H,1-6H3. The number of hydrogen-bond donors (Lipinski definition) is 0. The molecule has 0 bridgehead atoms. The Balaban J connectivity index is 2.04. The molecule has 1 aromatic carbocycles. The zero-order valence-corrected chi connectivity index (χ0v) is 12.9. The molecule has 5 heteroatoms. The Morgan fingerprint density at radius 2 is 1.60 bits per heavy atom. The summed E-state index contributed by atoms with van der Waals surface area (Å²) >= 11 is 0. The van der Waals surface area contributed by atoms with Crippen molar-refractivity contribution >= 4 is 23.7 Å². The molecule has 0 saturated carbocycles. The molecule has 106 valence electrons. The molecule has 0 N–H and O–H groups in total. The second kappa shape index (κ2) is 4.09. The molecule has 20 heavy (non-hydrogen) atoms. The highest BCUT2D eigenvalue weighted by molar-refractivity contribution is 6.62. The lowest BCUT2D eigenvalue weighted by molar-refractivity contribution is 0.00578. The van der Waals surface area contributed by atoms with Gasteiger partial charge >= 0.3 is 7.12 Å². The highest BCUT2D eigenvalue weighted by atomic mass is 16.7. The molecular weight excluding hydrogens is 253 g/mol. The summed E-state index contributed by atoms with van der Waals surface area (Å²) in [5, 5.41) is 0. The molecule has 1 aliphatic rings. The molecule has 0 spiro atoms. The number of oxazole rings is 1. The summed E-state index contributed by atoms with van der Waals surface area (Å²) in [6.07, 6.45) is 0. The molecule has 0 aliphatic carbocycles. The molecule has 0 amide bonds. The zero-order valence-electron chi connectivity index (χ0n) is 12.9. The van der Waals surface area contributed by atoms with E-state index in [2.05, 4.69) is 38.7 Å². The number of aryl methyl sites for hydroxylation is 2. The van der Waals surface area contributed by atoms with Crippen molar-refractivity contribution in [2.45, 2.75) is 52.7 Å². The third-order valence-corrected chi connectivity index (χ3v) is 4.34. The van der Waals surface area contributed by atoms with Gasteiger partial charge in [0.05, 0.1) is 11.2 Å². The molecule has 3 rings (SSSR count). The molecule has 1 saturated heterocycles. The van der Waals surface area contributed by atoms with E-state index in [1.807, 2.05) is 19.9 Å². The molecule has 2 aromatic rings. The molecule has 2 heterocycles. The van der Waals surface area contributed by atoms with Crippen LogP contribution in [-0.2, 0) is 9.31 Å². The van der Waals surface area contributed by atoms with Crippen LogP contribution in [0.3, 0.4) is 0 Å². The van der Waals surface area contributed by atoms with Crippen molar-refractivity contribution in [2.24, 2.45) is 0 Å². The van der Waals surface area contributed by atoms with E-state index in [1.165, 1.54) is 0 Å². The van der Waals surface area contributed by atoms with E-state index in [-0.39, 0.29) is 18.3 Å². The van der Waals surface area contributed by atoms with Gasteiger partial charge < -0.3 is 13.7 Å². The van der Waals surface area contributed by atoms with E-state index in [1.54, 1.807) is 0 Å². The number of hydrogen-bond acceptors (Lipinski definition) is 4. The van der Waals surface area contributed by atoms with Crippen molar-refractivity contribution in [1.29, 1.82) is 0 Å². The lowest BCUT2D eigenvalue weighted by Gasteiger charge is -2.32. The maximum absolute atomic E-state index is 6.08. The van der Waals surface area contributed by atoms with Crippen molar-refractivity contribution in [3.8, 4) is 0 Å². The molecule has 0 unspecified atom stereocenters. The largest absolute Gasteiger partial charge is 0.494 e. The van der Waals surface area contributed by atoms with Crippen LogP contribution in [-0.4, -0.2) is 23.3 Å². The highest BCUT2D eigenvalue weighted by Gasteiger charge is 2.51. The van der Waals surface area contributed by atoms with Gasteiger partial charge in [-0.25, -0.2) is 4.98 Å². The van der Waals surface area contributed by atoms with Gasteiger partial charge in [0.15, 0.2) is 11.5 Å². The summed E-state index contributed by atoms with van der Waals surface area (Å²) in [5.41, 5.74) is 3.07. The Kier molecular flexibility index (Phi) is 2.79. The van der Waals surface area contributed by atoms with Crippen LogP contribution >= 0.6 is 0 Å². The minimum atomic E-state index is -0.367. The van der Waals surface area contributed by atoms with Gasteiger partial charge in [0.2, 0.25) is 0 Å². The normalized spacial score (nSPS) is 20.8. The summed E-state index contributed by atoms with van der Waals surface area (Å²) in [7, 11) is -0.367. The topological polar surface area (TPSA) is 44.5 Å². The minimum absolute atomic E-state index is 0.335. The van der Waals surface area contributed by atoms with Gasteiger partial charge in [0.1, 0.15) is 5.52 Å². The summed E-state index contributed by atoms with van der Waals surface area (Å²) in [6, 6.07) is 4.02. The Morgan fingerprint density at radius 3 is 2.20 bits per heavy atom. The first-order valence-corrected chi connectivity index (χ1v) is 6.93. The van der Waals surface area contributed by atoms with Crippen LogP contribution in [0, 0.1) is 13.8 Å². The van der Waals surface area contributed by atoms with Crippen molar-refractivity contribution in [3.05, 3.63) is 23.6 Å². The molecule has 1 aliphatic heterocycles. The molecule has 0 atom stereocenters. The van der Waals surface area contributed by atoms with E-state index >= 15 is 0 Å². The van der Waals surface area contributed by atoms with Crippen LogP contribution in [0.15, 0.2) is 16.5 Å². The fourth-order valence-electron chi connectivity index (χ4n) is 2.45. The van der Waals surface area contributed by atoms with Gasteiger partial charge in [-0.05, 0) is 51.7 Å². The summed E-state index contributed by atoms with van der Waals surface area (Å²) < 4.78 is 17.8. The predicted molar refractivity (Wildman–Crippen MR) is 79.2 cm³/mol. The van der Waals surface area contributed by atoms with Crippen LogP contribution in [0.5, 0.6) is 0 Å². The van der Waals surface area contributed by atoms with E-state index in [4.69, 9.17) is 13.7 Å². The second-order valence-corrected chi connectivity index (χ2v) is 6.51. The fourth-order valence-corrected chi connectivity index (χ4v) is 2.45. The van der Waals surface area contributed by atoms with E-state index in [0.717, 1.165) is 22.1 Å². The SMILES string of the molecule is Cc1nc2c(C)cc(B3OC(C)(C)C(C)(C)O3)cc2o1. The maximum atomic E-state index is 6.08. The third kappa shape index (κ3) is 1.96. The van der Waals surface area contributed by atoms with E-state index in [9.17, 15) is 0 Å². The van der Waals surface area contributed by atoms with Crippen LogP contribution in [0.1, 0.15) is 39.1 Å². The highest BCUT2D eigenvalue weighted by Crippen LogP contribution is 2.36. The first-order chi connectivity index (χ1) is 9.19. The zero-order chi connectivity index (χ0) is 14.7. The Morgan fingerprint density at radius 1 is 1.00 bits per heavy atom. The smallest absolute Gasteiger partial charge is 0.441 e. The lowest BCUT2D eigenvalue weighted by Crippen LogP contribution is -2.41. The Hall–Kier alpha value is -1.33. The van der Waals surface area contributed by atoms with Crippen LogP contribution in [0.4, 0.5) is 0 Å². The molecule has 1 aromatic heterocycles. The molecule has 0 radical (unpaired) electrons. The lowest BCUT2D eigenvalue weighted by atomic mass is 9.78. The van der Waals surface area contributed by atoms with Crippen molar-refractivity contribution < 1.29 is 13.7 Å². The van der Waals surface area contributed by atoms with Crippen molar-refractivity contribution in [3.63, 3.8) is 0 Å². The number of fused-ring (bicyclic) bond motifs is 1. The first-order valence-electron chi connectivity index (χ1n) is 6.93. The molecule has 1 fully saturated rings. The summed E-state index contributed by atoms with van der Waals surface area (Å²) in [4.78, 5) is 4.39. The number of benzene rings is 1. The summed E-state index contributed by atoms with van der Waals surface area (Å²) in [6.45, 7) is 12.1. The summed E-state index contributed by atoms with van der Waals surface area (Å²) in [5.74, 6) is 0.675. The van der Waals surface area contributed by atoms with Gasteiger partial charge in [-0.15, -0.1) is 0 Å². The third-order valence-electron chi connectivity index (χ3n) is 4.34. The minimum Gasteiger partial charge on any atom is -0.441 e.